The van der Waals surface area contributed by atoms with Gasteiger partial charge >= 0.3 is 0 Å². The van der Waals surface area contributed by atoms with Crippen molar-refractivity contribution in [2.24, 2.45) is 5.73 Å². The maximum atomic E-state index is 9.15. The molecular weight excluding hydrogens is 330 g/mol. The van der Waals surface area contributed by atoms with E-state index in [0.717, 1.165) is 20.2 Å². The highest BCUT2D eigenvalue weighted by molar-refractivity contribution is 8.00. The summed E-state index contributed by atoms with van der Waals surface area (Å²) in [7, 11) is 0. The zero-order valence-corrected chi connectivity index (χ0v) is 13.6. The van der Waals surface area contributed by atoms with Crippen LogP contribution in [0.2, 0.25) is 0 Å². The first-order valence-corrected chi connectivity index (χ1v) is 8.29. The van der Waals surface area contributed by atoms with Crippen LogP contribution >= 0.6 is 23.3 Å². The molecule has 0 fully saturated rings. The van der Waals surface area contributed by atoms with Crippen LogP contribution in [0.25, 0.3) is 10.2 Å². The number of nitrogen functional groups attached to an aromatic ring is 1. The average Bonchev–Trinajstić information content (AvgIpc) is 2.96. The third-order valence-corrected chi connectivity index (χ3v) is 4.92. The molecule has 0 spiro atoms. The maximum absolute atomic E-state index is 9.15. The van der Waals surface area contributed by atoms with Gasteiger partial charge in [0.05, 0.1) is 15.8 Å². The highest BCUT2D eigenvalue weighted by Crippen LogP contribution is 2.32. The lowest BCUT2D eigenvalue weighted by atomic mass is 10.2. The van der Waals surface area contributed by atoms with Crippen molar-refractivity contribution in [2.45, 2.75) is 4.90 Å². The number of benzene rings is 2. The molecule has 0 aliphatic heterocycles. The molecule has 0 saturated carbocycles. The molecule has 0 aliphatic rings. The topological polar surface area (TPSA) is 110 Å². The minimum absolute atomic E-state index is 0.138. The molecule has 0 saturated heterocycles. The summed E-state index contributed by atoms with van der Waals surface area (Å²) in [6.45, 7) is 0.138. The fraction of sp³-hybridized carbons (Fsp3) is 0.0667. The second kappa shape index (κ2) is 6.75. The molecular formula is C15H13N5OS2. The number of nitriles is 1. The molecule has 116 valence electrons. The largest absolute Gasteiger partial charge is 0.479 e. The molecule has 5 N–H and O–H groups in total. The number of aromatic nitrogens is 1. The predicted molar refractivity (Wildman–Crippen MR) is 94.4 cm³/mol. The van der Waals surface area contributed by atoms with Gasteiger partial charge in [0.2, 0.25) is 0 Å². The van der Waals surface area contributed by atoms with Crippen LogP contribution in [-0.2, 0) is 0 Å². The van der Waals surface area contributed by atoms with Gasteiger partial charge in [0.1, 0.15) is 18.5 Å². The number of hydrogen-bond acceptors (Lipinski definition) is 8. The summed E-state index contributed by atoms with van der Waals surface area (Å²) in [5.74, 6) is 0.716. The third-order valence-electron chi connectivity index (χ3n) is 2.98. The first-order chi connectivity index (χ1) is 11.2. The molecule has 1 heterocycles. The van der Waals surface area contributed by atoms with Gasteiger partial charge in [-0.05, 0) is 48.3 Å². The third kappa shape index (κ3) is 3.48. The zero-order chi connectivity index (χ0) is 16.2. The Morgan fingerprint density at radius 3 is 2.96 bits per heavy atom. The highest BCUT2D eigenvalue weighted by Gasteiger charge is 2.08. The number of nitrogens with two attached hydrogens (primary N) is 2. The van der Waals surface area contributed by atoms with Gasteiger partial charge in [-0.2, -0.15) is 5.26 Å². The van der Waals surface area contributed by atoms with Crippen LogP contribution in [0, 0.1) is 11.3 Å². The lowest BCUT2D eigenvalue weighted by molar-refractivity contribution is 0.330. The Kier molecular flexibility index (Phi) is 4.52. The first-order valence-electron chi connectivity index (χ1n) is 6.65. The summed E-state index contributed by atoms with van der Waals surface area (Å²) >= 11 is 2.83. The van der Waals surface area contributed by atoms with Gasteiger partial charge in [-0.1, -0.05) is 11.3 Å². The van der Waals surface area contributed by atoms with Crippen LogP contribution < -0.4 is 20.9 Å². The van der Waals surface area contributed by atoms with Crippen LogP contribution in [0.1, 0.15) is 5.56 Å². The summed E-state index contributed by atoms with van der Waals surface area (Å²) < 4.78 is 9.44. The number of thiazole rings is 1. The number of rotatable bonds is 5. The van der Waals surface area contributed by atoms with Gasteiger partial charge in [0.15, 0.2) is 5.13 Å². The Labute approximate surface area is 141 Å². The molecule has 8 heteroatoms. The summed E-state index contributed by atoms with van der Waals surface area (Å²) in [5.41, 5.74) is 13.0. The molecule has 3 aromatic rings. The van der Waals surface area contributed by atoms with E-state index in [4.69, 9.17) is 21.5 Å². The molecule has 0 bridgehead atoms. The summed E-state index contributed by atoms with van der Waals surface area (Å²) in [6.07, 6.45) is 0. The average molecular weight is 343 g/mol. The minimum Gasteiger partial charge on any atom is -0.479 e. The van der Waals surface area contributed by atoms with Crippen molar-refractivity contribution in [1.29, 1.82) is 5.26 Å². The summed E-state index contributed by atoms with van der Waals surface area (Å²) in [4.78, 5) is 5.29. The molecule has 23 heavy (non-hydrogen) atoms. The second-order valence-corrected chi connectivity index (χ2v) is 6.41. The molecule has 2 aromatic carbocycles. The van der Waals surface area contributed by atoms with Gasteiger partial charge in [-0.3, -0.25) is 5.73 Å². The van der Waals surface area contributed by atoms with E-state index >= 15 is 0 Å². The van der Waals surface area contributed by atoms with E-state index in [0.29, 0.717) is 17.0 Å². The van der Waals surface area contributed by atoms with E-state index in [-0.39, 0.29) is 6.73 Å². The van der Waals surface area contributed by atoms with E-state index in [2.05, 4.69) is 15.8 Å². The molecule has 0 aliphatic carbocycles. The Morgan fingerprint density at radius 1 is 1.30 bits per heavy atom. The molecule has 1 aromatic heterocycles. The van der Waals surface area contributed by atoms with Gasteiger partial charge < -0.3 is 15.2 Å². The monoisotopic (exact) mass is 343 g/mol. The molecule has 3 rings (SSSR count). The van der Waals surface area contributed by atoms with Crippen molar-refractivity contribution in [3.8, 4) is 11.8 Å². The van der Waals surface area contributed by atoms with Gasteiger partial charge in [0.25, 0.3) is 0 Å². The fourth-order valence-corrected chi connectivity index (χ4v) is 3.59. The minimum atomic E-state index is 0.138. The lowest BCUT2D eigenvalue weighted by Gasteiger charge is -2.04. The van der Waals surface area contributed by atoms with Gasteiger partial charge in [-0.15, -0.1) is 0 Å². The SMILES string of the molecule is N#Cc1cc(N)ccc1SNc1nc2ccc(OCN)cc2s1. The summed E-state index contributed by atoms with van der Waals surface area (Å²) in [6, 6.07) is 13.0. The van der Waals surface area contributed by atoms with Gasteiger partial charge in [-0.25, -0.2) is 4.98 Å². The molecule has 0 unspecified atom stereocenters. The zero-order valence-electron chi connectivity index (χ0n) is 11.9. The standard InChI is InChI=1S/C15H13N5OS2/c16-7-9-5-10(18)1-4-13(9)23-20-15-19-12-3-2-11(21-8-17)6-14(12)22-15/h1-6H,8,17-18H2,(H,19,20). The van der Waals surface area contributed by atoms with Crippen molar-refractivity contribution in [2.75, 3.05) is 17.2 Å². The Balaban J connectivity index is 1.78. The fourth-order valence-electron chi connectivity index (χ4n) is 1.96. The Bertz CT molecular complexity index is 887. The Morgan fingerprint density at radius 2 is 2.17 bits per heavy atom. The smallest absolute Gasteiger partial charge is 0.194 e. The van der Waals surface area contributed by atoms with Crippen molar-refractivity contribution in [1.82, 2.24) is 4.98 Å². The molecule has 0 atom stereocenters. The number of fused-ring (bicyclic) bond motifs is 1. The van der Waals surface area contributed by atoms with Gasteiger partial charge in [0, 0.05) is 10.6 Å². The van der Waals surface area contributed by atoms with Crippen LogP contribution in [0.3, 0.4) is 0 Å². The van der Waals surface area contributed by atoms with Crippen molar-refractivity contribution in [3.05, 3.63) is 42.0 Å². The number of anilines is 2. The summed E-state index contributed by atoms with van der Waals surface area (Å²) in [5, 5.41) is 9.90. The Hall–Kier alpha value is -2.47. The second-order valence-electron chi connectivity index (χ2n) is 4.53. The van der Waals surface area contributed by atoms with Crippen LogP contribution in [0.15, 0.2) is 41.3 Å². The van der Waals surface area contributed by atoms with Crippen LogP contribution in [0.4, 0.5) is 10.8 Å². The maximum Gasteiger partial charge on any atom is 0.194 e. The first kappa shape index (κ1) is 15.4. The molecule has 0 amide bonds. The van der Waals surface area contributed by atoms with E-state index in [1.54, 1.807) is 12.1 Å². The number of nitrogens with zero attached hydrogens (tertiary/aromatic N) is 2. The number of ether oxygens (including phenoxy) is 1. The van der Waals surface area contributed by atoms with Crippen molar-refractivity contribution < 1.29 is 4.74 Å². The van der Waals surface area contributed by atoms with E-state index in [1.165, 1.54) is 23.3 Å². The molecule has 6 nitrogen and oxygen atoms in total. The van der Waals surface area contributed by atoms with E-state index in [1.807, 2.05) is 24.3 Å². The number of hydrogen-bond donors (Lipinski definition) is 3. The van der Waals surface area contributed by atoms with E-state index in [9.17, 15) is 0 Å². The predicted octanol–water partition coefficient (Wildman–Crippen LogP) is 3.16. The normalized spacial score (nSPS) is 10.4. The van der Waals surface area contributed by atoms with E-state index < -0.39 is 0 Å². The van der Waals surface area contributed by atoms with Crippen LogP contribution in [0.5, 0.6) is 5.75 Å². The van der Waals surface area contributed by atoms with Crippen molar-refractivity contribution >= 4 is 44.3 Å². The van der Waals surface area contributed by atoms with Crippen molar-refractivity contribution in [3.63, 3.8) is 0 Å². The quantitative estimate of drug-likeness (QED) is 0.371. The highest BCUT2D eigenvalue weighted by atomic mass is 32.2. The number of nitrogens with one attached hydrogen (secondary N) is 1. The lowest BCUT2D eigenvalue weighted by Crippen LogP contribution is -2.06. The van der Waals surface area contributed by atoms with Crippen LogP contribution in [-0.4, -0.2) is 11.7 Å². The molecule has 0 radical (unpaired) electrons.